The van der Waals surface area contributed by atoms with Crippen molar-refractivity contribution < 1.29 is 23.5 Å². The number of hydrogen-bond acceptors (Lipinski definition) is 6. The zero-order valence-corrected chi connectivity index (χ0v) is 19.6. The van der Waals surface area contributed by atoms with Crippen LogP contribution in [0.5, 0.6) is 5.75 Å². The monoisotopic (exact) mass is 451 g/mol. The van der Waals surface area contributed by atoms with Gasteiger partial charge in [-0.2, -0.15) is 0 Å². The third kappa shape index (κ3) is 5.80. The molecule has 0 aliphatic carbocycles. The van der Waals surface area contributed by atoms with Gasteiger partial charge in [0.15, 0.2) is 0 Å². The minimum atomic E-state index is -0.848. The molecule has 0 fully saturated rings. The van der Waals surface area contributed by atoms with Gasteiger partial charge in [-0.3, -0.25) is 4.79 Å². The Kier molecular flexibility index (Phi) is 7.53. The maximum absolute atomic E-state index is 12.8. The van der Waals surface area contributed by atoms with Crippen LogP contribution < -0.4 is 15.7 Å². The molecule has 1 N–H and O–H groups in total. The maximum atomic E-state index is 12.8. The number of aryl methyl sites for hydroxylation is 2. The van der Waals surface area contributed by atoms with Crippen LogP contribution in [-0.2, 0) is 16.1 Å². The van der Waals surface area contributed by atoms with Crippen molar-refractivity contribution in [2.75, 3.05) is 6.61 Å². The normalized spacial score (nSPS) is 11.9. The molecule has 0 unspecified atom stereocenters. The molecule has 33 heavy (non-hydrogen) atoms. The van der Waals surface area contributed by atoms with Gasteiger partial charge in [0.25, 0.3) is 5.91 Å². The molecule has 0 saturated heterocycles. The highest BCUT2D eigenvalue weighted by atomic mass is 16.5. The molecule has 0 aliphatic rings. The average Bonchev–Trinajstić information content (AvgIpc) is 2.77. The summed E-state index contributed by atoms with van der Waals surface area (Å²) in [5.41, 5.74) is 2.93. The van der Waals surface area contributed by atoms with E-state index in [1.165, 1.54) is 6.07 Å². The highest BCUT2D eigenvalue weighted by Crippen LogP contribution is 2.22. The van der Waals surface area contributed by atoms with E-state index in [4.69, 9.17) is 13.9 Å². The van der Waals surface area contributed by atoms with E-state index in [1.54, 1.807) is 30.3 Å². The third-order valence-electron chi connectivity index (χ3n) is 5.45. The molecule has 1 atom stereocenters. The Morgan fingerprint density at radius 2 is 1.70 bits per heavy atom. The fraction of sp³-hybridized carbons (Fsp3) is 0.346. The molecule has 174 valence electrons. The summed E-state index contributed by atoms with van der Waals surface area (Å²) in [6.07, 6.45) is 0. The molecule has 7 nitrogen and oxygen atoms in total. The van der Waals surface area contributed by atoms with Crippen molar-refractivity contribution in [2.45, 2.75) is 47.3 Å². The second kappa shape index (κ2) is 10.3. The first-order chi connectivity index (χ1) is 15.7. The van der Waals surface area contributed by atoms with Crippen LogP contribution in [0.2, 0.25) is 0 Å². The summed E-state index contributed by atoms with van der Waals surface area (Å²) < 4.78 is 16.2. The Morgan fingerprint density at radius 3 is 2.33 bits per heavy atom. The molecule has 1 amide bonds. The zero-order chi connectivity index (χ0) is 24.1. The van der Waals surface area contributed by atoms with Crippen LogP contribution in [0.4, 0.5) is 0 Å². The summed E-state index contributed by atoms with van der Waals surface area (Å²) in [6, 6.07) is 10.9. The number of rotatable bonds is 8. The molecule has 3 rings (SSSR count). The first kappa shape index (κ1) is 24.0. The van der Waals surface area contributed by atoms with Gasteiger partial charge in [0.2, 0.25) is 0 Å². The van der Waals surface area contributed by atoms with Gasteiger partial charge in [0.1, 0.15) is 24.0 Å². The number of benzene rings is 2. The van der Waals surface area contributed by atoms with Crippen LogP contribution in [0, 0.1) is 19.8 Å². The number of ether oxygens (including phenoxy) is 2. The predicted molar refractivity (Wildman–Crippen MR) is 125 cm³/mol. The molecule has 1 heterocycles. The van der Waals surface area contributed by atoms with Crippen molar-refractivity contribution in [3.05, 3.63) is 75.1 Å². The Labute approximate surface area is 192 Å². The molecule has 7 heteroatoms. The van der Waals surface area contributed by atoms with Crippen molar-refractivity contribution in [2.24, 2.45) is 5.92 Å². The van der Waals surface area contributed by atoms with E-state index in [1.807, 2.05) is 40.7 Å². The van der Waals surface area contributed by atoms with Gasteiger partial charge in [-0.15, -0.1) is 0 Å². The summed E-state index contributed by atoms with van der Waals surface area (Å²) in [5, 5.41) is 3.46. The molecule has 0 radical (unpaired) electrons. The van der Waals surface area contributed by atoms with E-state index >= 15 is 0 Å². The first-order valence-corrected chi connectivity index (χ1v) is 10.9. The van der Waals surface area contributed by atoms with Crippen molar-refractivity contribution in [1.82, 2.24) is 5.32 Å². The van der Waals surface area contributed by atoms with Gasteiger partial charge in [0.05, 0.1) is 6.61 Å². The zero-order valence-electron chi connectivity index (χ0n) is 19.6. The predicted octanol–water partition coefficient (Wildman–Crippen LogP) is 4.31. The maximum Gasteiger partial charge on any atom is 0.336 e. The van der Waals surface area contributed by atoms with Crippen LogP contribution in [0.15, 0.2) is 51.7 Å². The summed E-state index contributed by atoms with van der Waals surface area (Å²) in [7, 11) is 0. The molecule has 2 aromatic carbocycles. The quantitative estimate of drug-likeness (QED) is 0.405. The van der Waals surface area contributed by atoms with Gasteiger partial charge >= 0.3 is 11.6 Å². The smallest absolute Gasteiger partial charge is 0.336 e. The second-order valence-corrected chi connectivity index (χ2v) is 8.28. The third-order valence-corrected chi connectivity index (χ3v) is 5.45. The van der Waals surface area contributed by atoms with Crippen LogP contribution in [0.3, 0.4) is 0 Å². The highest BCUT2D eigenvalue weighted by molar-refractivity contribution is 5.97. The van der Waals surface area contributed by atoms with Gasteiger partial charge in [-0.1, -0.05) is 13.8 Å². The summed E-state index contributed by atoms with van der Waals surface area (Å²) in [4.78, 5) is 37.5. The van der Waals surface area contributed by atoms with E-state index in [2.05, 4.69) is 5.32 Å². The Morgan fingerprint density at radius 1 is 1.03 bits per heavy atom. The van der Waals surface area contributed by atoms with Gasteiger partial charge in [-0.05, 0) is 74.2 Å². The molecular formula is C26H29NO6. The van der Waals surface area contributed by atoms with E-state index < -0.39 is 17.6 Å². The highest BCUT2D eigenvalue weighted by Gasteiger charge is 2.26. The lowest BCUT2D eigenvalue weighted by atomic mass is 10.0. The lowest BCUT2D eigenvalue weighted by molar-refractivity contribution is -0.148. The lowest BCUT2D eigenvalue weighted by Crippen LogP contribution is -2.45. The van der Waals surface area contributed by atoms with Crippen molar-refractivity contribution >= 4 is 22.8 Å². The lowest BCUT2D eigenvalue weighted by Gasteiger charge is -2.21. The van der Waals surface area contributed by atoms with E-state index in [-0.39, 0.29) is 18.4 Å². The van der Waals surface area contributed by atoms with E-state index in [9.17, 15) is 14.4 Å². The van der Waals surface area contributed by atoms with Gasteiger partial charge < -0.3 is 19.2 Å². The Bertz CT molecular complexity index is 1210. The standard InChI is InChI=1S/C26H29NO6/c1-6-31-20-9-7-18(8-10-20)25(29)27-24(15(2)3)26(30)32-14-19-13-23(28)33-22-12-17(5)16(4)11-21(19)22/h7-13,15,24H,6,14H2,1-5H3,(H,27,29)/t24-/m0/s1. The number of carbonyl (C=O) groups is 2. The number of nitrogens with one attached hydrogen (secondary N) is 1. The van der Waals surface area contributed by atoms with E-state index in [0.717, 1.165) is 11.1 Å². The van der Waals surface area contributed by atoms with Gasteiger partial charge in [-0.25, -0.2) is 9.59 Å². The Balaban J connectivity index is 1.74. The summed E-state index contributed by atoms with van der Waals surface area (Å²) >= 11 is 0. The summed E-state index contributed by atoms with van der Waals surface area (Å²) in [5.74, 6) is -0.495. The molecule has 0 bridgehead atoms. The van der Waals surface area contributed by atoms with Crippen molar-refractivity contribution in [3.63, 3.8) is 0 Å². The van der Waals surface area contributed by atoms with Crippen LogP contribution in [0.25, 0.3) is 11.0 Å². The first-order valence-electron chi connectivity index (χ1n) is 10.9. The van der Waals surface area contributed by atoms with Gasteiger partial charge in [0, 0.05) is 22.6 Å². The summed E-state index contributed by atoms with van der Waals surface area (Å²) in [6.45, 7) is 9.84. The fourth-order valence-electron chi connectivity index (χ4n) is 3.43. The number of amides is 1. The number of fused-ring (bicyclic) bond motifs is 1. The second-order valence-electron chi connectivity index (χ2n) is 8.28. The largest absolute Gasteiger partial charge is 0.494 e. The number of esters is 1. The fourth-order valence-corrected chi connectivity index (χ4v) is 3.43. The van der Waals surface area contributed by atoms with Crippen LogP contribution in [0.1, 0.15) is 47.8 Å². The molecule has 0 spiro atoms. The number of hydrogen-bond donors (Lipinski definition) is 1. The van der Waals surface area contributed by atoms with Crippen LogP contribution >= 0.6 is 0 Å². The minimum Gasteiger partial charge on any atom is -0.494 e. The number of carbonyl (C=O) groups excluding carboxylic acids is 2. The average molecular weight is 452 g/mol. The Hall–Kier alpha value is -3.61. The topological polar surface area (TPSA) is 94.8 Å². The van der Waals surface area contributed by atoms with Crippen molar-refractivity contribution in [1.29, 1.82) is 0 Å². The molecule has 1 aromatic heterocycles. The van der Waals surface area contributed by atoms with E-state index in [0.29, 0.717) is 34.5 Å². The SMILES string of the molecule is CCOc1ccc(C(=O)N[C@H](C(=O)OCc2cc(=O)oc3cc(C)c(C)cc23)C(C)C)cc1. The molecule has 0 aliphatic heterocycles. The molecule has 0 saturated carbocycles. The van der Waals surface area contributed by atoms with Crippen LogP contribution in [-0.4, -0.2) is 24.5 Å². The minimum absolute atomic E-state index is 0.106. The molecular weight excluding hydrogens is 422 g/mol. The van der Waals surface area contributed by atoms with Crippen molar-refractivity contribution in [3.8, 4) is 5.75 Å². The molecule has 3 aromatic rings.